The van der Waals surface area contributed by atoms with Gasteiger partial charge in [0.05, 0.1) is 39.1 Å². The third kappa shape index (κ3) is 16.2. The number of rotatable bonds is 37. The van der Waals surface area contributed by atoms with Crippen LogP contribution in [0.4, 0.5) is 0 Å². The molecule has 0 radical (unpaired) electrons. The molecule has 0 saturated carbocycles. The minimum atomic E-state index is -0.552. The van der Waals surface area contributed by atoms with E-state index in [1.54, 1.807) is 6.92 Å². The van der Waals surface area contributed by atoms with Crippen LogP contribution >= 0.6 is 0 Å². The van der Waals surface area contributed by atoms with E-state index in [0.717, 1.165) is 117 Å². The highest BCUT2D eigenvalue weighted by molar-refractivity contribution is 5.55. The second-order valence-corrected chi connectivity index (χ2v) is 28.2. The number of epoxide rings is 5. The average Bonchev–Trinajstić information content (AvgIpc) is 1.95. The standard InChI is InChI=1S/C78H100O12/c1-12-15-33-77(11,71-37-58(22-32-73(71)90-51-67-49-88-67)74(5,6)55-17-23-59(24-18-55)80-41-52(4)79)39-54-35-57(21-31-72(54)89-50-66-48-87-66)76(9,10)69-30-28-62(83-44-65-47-86-65)38-70(69)78(14-3,34-16-13-2)40-53-36-61(82-43-64-46-85-64)27-29-68(53)75(7,8)56-19-25-60(26-20-56)81-42-63-45-84-63/h17-32,35-38,52,63-67,79H,12-16,33-34,39-51H2,1-11H3. The van der Waals surface area contributed by atoms with Crippen LogP contribution in [0.3, 0.4) is 0 Å². The van der Waals surface area contributed by atoms with Crippen molar-refractivity contribution < 1.29 is 57.2 Å². The molecular formula is C78H100O12. The second-order valence-electron chi connectivity index (χ2n) is 28.2. The van der Waals surface area contributed by atoms with Gasteiger partial charge in [-0.1, -0.05) is 156 Å². The summed E-state index contributed by atoms with van der Waals surface area (Å²) >= 11 is 0. The molecule has 8 atom stereocenters. The zero-order valence-electron chi connectivity index (χ0n) is 55.6. The van der Waals surface area contributed by atoms with Gasteiger partial charge in [-0.15, -0.1) is 0 Å². The van der Waals surface area contributed by atoms with Gasteiger partial charge in [0.25, 0.3) is 0 Å². The van der Waals surface area contributed by atoms with Crippen LogP contribution in [0.15, 0.2) is 121 Å². The van der Waals surface area contributed by atoms with Crippen LogP contribution in [-0.4, -0.2) is 114 Å². The lowest BCUT2D eigenvalue weighted by atomic mass is 9.63. The number of unbranched alkanes of at least 4 members (excludes halogenated alkanes) is 2. The first-order valence-corrected chi connectivity index (χ1v) is 33.6. The minimum Gasteiger partial charge on any atom is -0.491 e. The molecule has 5 aliphatic rings. The molecule has 12 nitrogen and oxygen atoms in total. The normalized spacial score (nSPS) is 20.9. The Hall–Kier alpha value is -6.12. The van der Waals surface area contributed by atoms with Crippen molar-refractivity contribution in [2.75, 3.05) is 72.7 Å². The molecule has 90 heavy (non-hydrogen) atoms. The fourth-order valence-corrected chi connectivity index (χ4v) is 13.2. The Balaban J connectivity index is 1.00. The molecule has 1 N–H and O–H groups in total. The van der Waals surface area contributed by atoms with Crippen LogP contribution in [0, 0.1) is 0 Å². The molecule has 5 fully saturated rings. The van der Waals surface area contributed by atoms with Gasteiger partial charge in [-0.3, -0.25) is 0 Å². The Morgan fingerprint density at radius 1 is 0.411 bits per heavy atom. The third-order valence-corrected chi connectivity index (χ3v) is 19.8. The predicted octanol–water partition coefficient (Wildman–Crippen LogP) is 15.1. The molecule has 0 bridgehead atoms. The highest BCUT2D eigenvalue weighted by Crippen LogP contribution is 2.50. The molecule has 484 valence electrons. The maximum absolute atomic E-state index is 9.93. The van der Waals surface area contributed by atoms with Gasteiger partial charge in [0.15, 0.2) is 0 Å². The number of ether oxygens (including phenoxy) is 11. The van der Waals surface area contributed by atoms with Gasteiger partial charge in [0.1, 0.15) is 105 Å². The highest BCUT2D eigenvalue weighted by Gasteiger charge is 2.42. The maximum atomic E-state index is 9.93. The molecule has 6 aromatic rings. The van der Waals surface area contributed by atoms with Crippen LogP contribution in [-0.2, 0) is 63.6 Å². The lowest BCUT2D eigenvalue weighted by Gasteiger charge is -2.41. The molecule has 6 aromatic carbocycles. The van der Waals surface area contributed by atoms with Crippen molar-refractivity contribution in [3.8, 4) is 34.5 Å². The van der Waals surface area contributed by atoms with Gasteiger partial charge in [0.2, 0.25) is 0 Å². The summed E-state index contributed by atoms with van der Waals surface area (Å²) in [6.07, 6.45) is 8.54. The Bertz CT molecular complexity index is 3330. The summed E-state index contributed by atoms with van der Waals surface area (Å²) in [5.74, 6) is 5.08. The van der Waals surface area contributed by atoms with E-state index in [0.29, 0.717) is 52.7 Å². The van der Waals surface area contributed by atoms with Crippen LogP contribution in [0.5, 0.6) is 34.5 Å². The number of hydrogen-bond donors (Lipinski definition) is 1. The van der Waals surface area contributed by atoms with Crippen LogP contribution < -0.4 is 28.4 Å². The van der Waals surface area contributed by atoms with E-state index in [4.69, 9.17) is 52.1 Å². The van der Waals surface area contributed by atoms with E-state index in [9.17, 15) is 5.11 Å². The molecule has 5 aliphatic heterocycles. The lowest BCUT2D eigenvalue weighted by molar-refractivity contribution is 0.122. The molecular weight excluding hydrogens is 1130 g/mol. The van der Waals surface area contributed by atoms with Gasteiger partial charge in [-0.2, -0.15) is 0 Å². The fraction of sp³-hybridized carbons (Fsp3) is 0.538. The van der Waals surface area contributed by atoms with Crippen molar-refractivity contribution >= 4 is 0 Å². The third-order valence-electron chi connectivity index (χ3n) is 19.8. The smallest absolute Gasteiger partial charge is 0.123 e. The largest absolute Gasteiger partial charge is 0.491 e. The molecule has 11 rings (SSSR count). The Labute approximate surface area is 536 Å². The first-order valence-electron chi connectivity index (χ1n) is 33.6. The van der Waals surface area contributed by atoms with Gasteiger partial charge in [-0.25, -0.2) is 0 Å². The van der Waals surface area contributed by atoms with Crippen molar-refractivity contribution in [3.63, 3.8) is 0 Å². The first kappa shape index (κ1) is 65.4. The quantitative estimate of drug-likeness (QED) is 0.0372. The van der Waals surface area contributed by atoms with Crippen molar-refractivity contribution in [3.05, 3.63) is 177 Å². The van der Waals surface area contributed by atoms with E-state index in [2.05, 4.69) is 178 Å². The summed E-state index contributed by atoms with van der Waals surface area (Å²) in [7, 11) is 0. The Morgan fingerprint density at radius 3 is 1.38 bits per heavy atom. The highest BCUT2D eigenvalue weighted by atomic mass is 16.6. The summed E-state index contributed by atoms with van der Waals surface area (Å²) < 4.78 is 67.3. The van der Waals surface area contributed by atoms with Gasteiger partial charge in [-0.05, 0) is 155 Å². The van der Waals surface area contributed by atoms with Crippen molar-refractivity contribution in [2.24, 2.45) is 0 Å². The molecule has 0 amide bonds. The predicted molar refractivity (Wildman–Crippen MR) is 354 cm³/mol. The summed E-state index contributed by atoms with van der Waals surface area (Å²) in [4.78, 5) is 0. The van der Waals surface area contributed by atoms with E-state index < -0.39 is 11.5 Å². The molecule has 5 heterocycles. The molecule has 0 spiro atoms. The van der Waals surface area contributed by atoms with Crippen molar-refractivity contribution in [1.29, 1.82) is 0 Å². The summed E-state index contributed by atoms with van der Waals surface area (Å²) in [6.45, 7) is 31.7. The van der Waals surface area contributed by atoms with Crippen LogP contribution in [0.2, 0.25) is 0 Å². The number of aliphatic hydroxyl groups is 1. The fourth-order valence-electron chi connectivity index (χ4n) is 13.2. The van der Waals surface area contributed by atoms with Gasteiger partial charge < -0.3 is 57.2 Å². The molecule has 0 aromatic heterocycles. The van der Waals surface area contributed by atoms with Crippen LogP contribution in [0.25, 0.3) is 0 Å². The summed E-state index contributed by atoms with van der Waals surface area (Å²) in [5, 5.41) is 9.93. The zero-order chi connectivity index (χ0) is 63.3. The topological polar surface area (TPSA) is 138 Å². The van der Waals surface area contributed by atoms with Crippen LogP contribution in [0.1, 0.15) is 177 Å². The van der Waals surface area contributed by atoms with Crippen molar-refractivity contribution in [2.45, 2.75) is 198 Å². The lowest BCUT2D eigenvalue weighted by Crippen LogP contribution is -2.35. The minimum absolute atomic E-state index is 0.0844. The Kier molecular flexibility index (Phi) is 20.3. The SMILES string of the molecule is CCCCC(C)(Cc1cc(C(C)(C)c2ccc(OCC3CO3)cc2C(CC)(CCCC)Cc2cc(OCC3CO3)ccc2C(C)(C)c2ccc(OCC3CO3)cc2)ccc1OCC1CO1)c1cc(C(C)(C)c2ccc(OCC(C)O)cc2)ccc1OCC1CO1. The maximum Gasteiger partial charge on any atom is 0.123 e. The van der Waals surface area contributed by atoms with Crippen molar-refractivity contribution in [1.82, 2.24) is 0 Å². The van der Waals surface area contributed by atoms with Gasteiger partial charge >= 0.3 is 0 Å². The molecule has 5 saturated heterocycles. The summed E-state index contributed by atoms with van der Waals surface area (Å²) in [5.41, 5.74) is 10.3. The van der Waals surface area contributed by atoms with Gasteiger partial charge in [0, 0.05) is 27.2 Å². The van der Waals surface area contributed by atoms with E-state index in [1.165, 1.54) is 44.5 Å². The number of hydrogen-bond acceptors (Lipinski definition) is 12. The zero-order valence-corrected chi connectivity index (χ0v) is 55.6. The van der Waals surface area contributed by atoms with E-state index in [1.807, 2.05) is 12.1 Å². The van der Waals surface area contributed by atoms with E-state index in [-0.39, 0.29) is 58.8 Å². The molecule has 8 unspecified atom stereocenters. The molecule has 12 heteroatoms. The van der Waals surface area contributed by atoms with E-state index >= 15 is 0 Å². The second kappa shape index (κ2) is 28.0. The first-order chi connectivity index (χ1) is 43.3. The number of aliphatic hydroxyl groups excluding tert-OH is 1. The molecule has 0 aliphatic carbocycles. The Morgan fingerprint density at radius 2 is 0.844 bits per heavy atom. The average molecular weight is 1230 g/mol. The number of benzene rings is 6. The monoisotopic (exact) mass is 1230 g/mol. The summed E-state index contributed by atoms with van der Waals surface area (Å²) in [6, 6.07) is 44.5.